The maximum Gasteiger partial charge on any atom is 0.305 e. The molecule has 1 amide bonds. The lowest BCUT2D eigenvalue weighted by Crippen LogP contribution is -2.27. The maximum atomic E-state index is 11.3. The first-order valence-electron chi connectivity index (χ1n) is 5.69. The SMILES string of the molecule is CCOC(=O)CCCNC(=O)CSC(=N)N=C(N)N. The van der Waals surface area contributed by atoms with Crippen LogP contribution in [-0.2, 0) is 14.3 Å². The van der Waals surface area contributed by atoms with Gasteiger partial charge in [-0.15, -0.1) is 0 Å². The molecule has 0 aromatic carbocycles. The first kappa shape index (κ1) is 17.2. The number of esters is 1. The Kier molecular flexibility index (Phi) is 9.23. The van der Waals surface area contributed by atoms with Crippen LogP contribution >= 0.6 is 11.8 Å². The molecule has 0 unspecified atom stereocenters. The van der Waals surface area contributed by atoms with E-state index in [-0.39, 0.29) is 35.2 Å². The molecule has 0 saturated carbocycles. The normalized spacial score (nSPS) is 9.53. The largest absolute Gasteiger partial charge is 0.466 e. The lowest BCUT2D eigenvalue weighted by atomic mass is 10.3. The molecule has 0 heterocycles. The fourth-order valence-corrected chi connectivity index (χ4v) is 1.57. The van der Waals surface area contributed by atoms with Crippen LogP contribution in [0.2, 0.25) is 0 Å². The summed E-state index contributed by atoms with van der Waals surface area (Å²) in [5.41, 5.74) is 10.2. The van der Waals surface area contributed by atoms with Gasteiger partial charge < -0.3 is 21.5 Å². The summed E-state index contributed by atoms with van der Waals surface area (Å²) in [6, 6.07) is 0. The Labute approximate surface area is 115 Å². The number of carbonyl (C=O) groups excluding carboxylic acids is 2. The highest BCUT2D eigenvalue weighted by Crippen LogP contribution is 2.02. The first-order valence-corrected chi connectivity index (χ1v) is 6.67. The molecule has 0 radical (unpaired) electrons. The monoisotopic (exact) mass is 289 g/mol. The summed E-state index contributed by atoms with van der Waals surface area (Å²) in [4.78, 5) is 25.8. The van der Waals surface area contributed by atoms with Crippen molar-refractivity contribution in [1.82, 2.24) is 5.32 Å². The number of ether oxygens (including phenoxy) is 1. The second-order valence-electron chi connectivity index (χ2n) is 3.39. The molecule has 19 heavy (non-hydrogen) atoms. The molecule has 108 valence electrons. The van der Waals surface area contributed by atoms with Crippen LogP contribution in [0.3, 0.4) is 0 Å². The highest BCUT2D eigenvalue weighted by molar-refractivity contribution is 8.14. The Hall–Kier alpha value is -1.77. The van der Waals surface area contributed by atoms with Crippen molar-refractivity contribution in [1.29, 1.82) is 5.41 Å². The number of guanidine groups is 1. The van der Waals surface area contributed by atoms with Crippen molar-refractivity contribution in [2.24, 2.45) is 16.5 Å². The van der Waals surface area contributed by atoms with Crippen LogP contribution in [0.15, 0.2) is 4.99 Å². The molecule has 0 aromatic heterocycles. The van der Waals surface area contributed by atoms with Crippen LogP contribution in [0, 0.1) is 5.41 Å². The van der Waals surface area contributed by atoms with Gasteiger partial charge in [0.25, 0.3) is 0 Å². The average molecular weight is 289 g/mol. The minimum absolute atomic E-state index is 0.0506. The van der Waals surface area contributed by atoms with Gasteiger partial charge in [0.05, 0.1) is 12.4 Å². The van der Waals surface area contributed by atoms with E-state index < -0.39 is 0 Å². The molecule has 0 spiro atoms. The summed E-state index contributed by atoms with van der Waals surface area (Å²) in [5.74, 6) is -0.688. The van der Waals surface area contributed by atoms with E-state index in [9.17, 15) is 9.59 Å². The van der Waals surface area contributed by atoms with E-state index in [0.29, 0.717) is 19.6 Å². The van der Waals surface area contributed by atoms with E-state index in [0.717, 1.165) is 11.8 Å². The zero-order valence-corrected chi connectivity index (χ0v) is 11.6. The van der Waals surface area contributed by atoms with Gasteiger partial charge >= 0.3 is 5.97 Å². The summed E-state index contributed by atoms with van der Waals surface area (Å²) in [6.45, 7) is 2.48. The summed E-state index contributed by atoms with van der Waals surface area (Å²) < 4.78 is 4.74. The molecule has 0 aliphatic rings. The predicted molar refractivity (Wildman–Crippen MR) is 74.9 cm³/mol. The number of aliphatic imine (C=N–C) groups is 1. The number of amides is 1. The summed E-state index contributed by atoms with van der Waals surface area (Å²) in [5, 5.41) is 9.79. The molecule has 0 rings (SSSR count). The maximum absolute atomic E-state index is 11.3. The van der Waals surface area contributed by atoms with Crippen molar-refractivity contribution in [2.75, 3.05) is 18.9 Å². The fraction of sp³-hybridized carbons (Fsp3) is 0.600. The van der Waals surface area contributed by atoms with E-state index in [4.69, 9.17) is 21.6 Å². The molecule has 0 bridgehead atoms. The topological polar surface area (TPSA) is 144 Å². The average Bonchev–Trinajstić information content (AvgIpc) is 2.31. The Morgan fingerprint density at radius 2 is 2.11 bits per heavy atom. The molecule has 8 nitrogen and oxygen atoms in total. The van der Waals surface area contributed by atoms with Crippen molar-refractivity contribution in [3.8, 4) is 0 Å². The fourth-order valence-electron chi connectivity index (χ4n) is 1.03. The number of nitrogens with zero attached hydrogens (tertiary/aromatic N) is 1. The van der Waals surface area contributed by atoms with E-state index >= 15 is 0 Å². The van der Waals surface area contributed by atoms with Gasteiger partial charge in [0.2, 0.25) is 5.91 Å². The minimum Gasteiger partial charge on any atom is -0.466 e. The third-order valence-electron chi connectivity index (χ3n) is 1.76. The van der Waals surface area contributed by atoms with Crippen molar-refractivity contribution < 1.29 is 14.3 Å². The number of rotatable bonds is 7. The third-order valence-corrected chi connectivity index (χ3v) is 2.53. The molecular weight excluding hydrogens is 270 g/mol. The Balaban J connectivity index is 3.63. The van der Waals surface area contributed by atoms with Gasteiger partial charge in [-0.05, 0) is 13.3 Å². The van der Waals surface area contributed by atoms with Gasteiger partial charge in [-0.25, -0.2) is 0 Å². The Bertz CT molecular complexity index is 355. The van der Waals surface area contributed by atoms with Gasteiger partial charge in [0.15, 0.2) is 11.1 Å². The van der Waals surface area contributed by atoms with Crippen molar-refractivity contribution in [3.05, 3.63) is 0 Å². The second-order valence-corrected chi connectivity index (χ2v) is 4.35. The first-order chi connectivity index (χ1) is 8.95. The van der Waals surface area contributed by atoms with Crippen LogP contribution in [-0.4, -0.2) is 41.9 Å². The quantitative estimate of drug-likeness (QED) is 0.213. The summed E-state index contributed by atoms with van der Waals surface area (Å²) >= 11 is 0.917. The molecule has 0 saturated heterocycles. The van der Waals surface area contributed by atoms with Crippen LogP contribution in [0.5, 0.6) is 0 Å². The zero-order valence-electron chi connectivity index (χ0n) is 10.8. The number of amidine groups is 1. The molecule has 9 heteroatoms. The van der Waals surface area contributed by atoms with Crippen molar-refractivity contribution in [3.63, 3.8) is 0 Å². The van der Waals surface area contributed by atoms with Gasteiger partial charge in [0.1, 0.15) is 0 Å². The highest BCUT2D eigenvalue weighted by atomic mass is 32.2. The van der Waals surface area contributed by atoms with Crippen molar-refractivity contribution >= 4 is 34.8 Å². The molecular formula is C10H19N5O3S. The second kappa shape index (κ2) is 10.2. The standard InChI is InChI=1S/C10H19N5O3S/c1-2-18-8(17)4-3-5-14-7(16)6-19-10(13)15-9(11)12/h2-6H2,1H3,(H,14,16)(H5,11,12,13,15). The van der Waals surface area contributed by atoms with Gasteiger partial charge in [-0.3, -0.25) is 15.0 Å². The third kappa shape index (κ3) is 11.1. The van der Waals surface area contributed by atoms with Crippen LogP contribution < -0.4 is 16.8 Å². The molecule has 0 fully saturated rings. The van der Waals surface area contributed by atoms with Gasteiger partial charge in [-0.2, -0.15) is 4.99 Å². The van der Waals surface area contributed by atoms with Gasteiger partial charge in [-0.1, -0.05) is 11.8 Å². The van der Waals surface area contributed by atoms with E-state index in [1.165, 1.54) is 0 Å². The molecule has 0 aliphatic heterocycles. The molecule has 0 aliphatic carbocycles. The van der Waals surface area contributed by atoms with Crippen LogP contribution in [0.25, 0.3) is 0 Å². The number of thioether (sulfide) groups is 1. The lowest BCUT2D eigenvalue weighted by Gasteiger charge is -2.04. The van der Waals surface area contributed by atoms with E-state index in [1.54, 1.807) is 6.92 Å². The van der Waals surface area contributed by atoms with Crippen molar-refractivity contribution in [2.45, 2.75) is 19.8 Å². The smallest absolute Gasteiger partial charge is 0.305 e. The predicted octanol–water partition coefficient (Wildman–Crippen LogP) is -0.613. The summed E-state index contributed by atoms with van der Waals surface area (Å²) in [7, 11) is 0. The minimum atomic E-state index is -0.277. The van der Waals surface area contributed by atoms with E-state index in [2.05, 4.69) is 10.3 Å². The number of hydrogen-bond donors (Lipinski definition) is 4. The number of hydrogen-bond acceptors (Lipinski definition) is 5. The number of nitrogens with two attached hydrogens (primary N) is 2. The number of nitrogens with one attached hydrogen (secondary N) is 2. The highest BCUT2D eigenvalue weighted by Gasteiger charge is 2.05. The lowest BCUT2D eigenvalue weighted by molar-refractivity contribution is -0.143. The van der Waals surface area contributed by atoms with E-state index in [1.807, 2.05) is 0 Å². The Morgan fingerprint density at radius 1 is 1.42 bits per heavy atom. The van der Waals surface area contributed by atoms with Crippen LogP contribution in [0.1, 0.15) is 19.8 Å². The molecule has 0 aromatic rings. The molecule has 6 N–H and O–H groups in total. The summed E-state index contributed by atoms with van der Waals surface area (Å²) in [6.07, 6.45) is 0.783. The van der Waals surface area contributed by atoms with Gasteiger partial charge in [0, 0.05) is 13.0 Å². The zero-order chi connectivity index (χ0) is 14.7. The van der Waals surface area contributed by atoms with Crippen LogP contribution in [0.4, 0.5) is 0 Å². The Morgan fingerprint density at radius 3 is 2.68 bits per heavy atom. The molecule has 0 atom stereocenters. The number of carbonyl (C=O) groups is 2.